The van der Waals surface area contributed by atoms with Gasteiger partial charge >= 0.3 is 0 Å². The van der Waals surface area contributed by atoms with Gasteiger partial charge < -0.3 is 0 Å². The van der Waals surface area contributed by atoms with E-state index in [4.69, 9.17) is 23.2 Å². The van der Waals surface area contributed by atoms with Crippen LogP contribution in [0.15, 0.2) is 40.2 Å². The molecular formula is C13H9Cl2N3O4S. The predicted molar refractivity (Wildman–Crippen MR) is 83.2 cm³/mol. The highest BCUT2D eigenvalue weighted by atomic mass is 35.5. The first-order valence-corrected chi connectivity index (χ1v) is 8.61. The molecule has 3 rings (SSSR count). The first-order chi connectivity index (χ1) is 10.8. The van der Waals surface area contributed by atoms with E-state index in [2.05, 4.69) is 5.10 Å². The number of sulfonamides is 1. The summed E-state index contributed by atoms with van der Waals surface area (Å²) >= 11 is 11.4. The molecule has 0 unspecified atom stereocenters. The van der Waals surface area contributed by atoms with Gasteiger partial charge in [0.2, 0.25) is 0 Å². The number of halogens is 2. The van der Waals surface area contributed by atoms with Crippen LogP contribution in [0.5, 0.6) is 0 Å². The first kappa shape index (κ1) is 16.0. The van der Waals surface area contributed by atoms with Gasteiger partial charge in [-0.15, -0.1) is 0 Å². The van der Waals surface area contributed by atoms with Crippen LogP contribution in [0.3, 0.4) is 0 Å². The fourth-order valence-electron chi connectivity index (χ4n) is 2.24. The van der Waals surface area contributed by atoms with E-state index in [0.29, 0.717) is 4.31 Å². The minimum Gasteiger partial charge on any atom is -0.268 e. The first-order valence-electron chi connectivity index (χ1n) is 6.41. The van der Waals surface area contributed by atoms with Gasteiger partial charge in [0, 0.05) is 0 Å². The summed E-state index contributed by atoms with van der Waals surface area (Å²) < 4.78 is 26.4. The number of carbonyl (C=O) groups excluding carboxylic acids is 1. The normalized spacial score (nSPS) is 15.7. The molecule has 0 radical (unpaired) electrons. The van der Waals surface area contributed by atoms with Gasteiger partial charge in [0.25, 0.3) is 21.5 Å². The van der Waals surface area contributed by atoms with E-state index >= 15 is 0 Å². The zero-order chi connectivity index (χ0) is 16.8. The average Bonchev–Trinajstić information content (AvgIpc) is 2.72. The lowest BCUT2D eigenvalue weighted by Gasteiger charge is -2.15. The van der Waals surface area contributed by atoms with Crippen LogP contribution in [-0.2, 0) is 16.6 Å². The molecule has 0 saturated heterocycles. The second-order valence-corrected chi connectivity index (χ2v) is 7.33. The van der Waals surface area contributed by atoms with Crippen LogP contribution in [0.1, 0.15) is 10.4 Å². The minimum atomic E-state index is -3.92. The molecule has 1 aromatic heterocycles. The number of carbonyl (C=O) groups is 1. The van der Waals surface area contributed by atoms with Crippen LogP contribution in [0.4, 0.5) is 0 Å². The van der Waals surface area contributed by atoms with Crippen molar-refractivity contribution in [1.82, 2.24) is 14.1 Å². The molecule has 0 N–H and O–H groups in total. The van der Waals surface area contributed by atoms with E-state index < -0.39 is 21.5 Å². The van der Waals surface area contributed by atoms with Gasteiger partial charge in [-0.2, -0.15) is 5.10 Å². The quantitative estimate of drug-likeness (QED) is 0.810. The Morgan fingerprint density at radius 1 is 1.09 bits per heavy atom. The topological polar surface area (TPSA) is 89.3 Å². The summed E-state index contributed by atoms with van der Waals surface area (Å²) in [5.74, 6) is -0.631. The van der Waals surface area contributed by atoms with Crippen molar-refractivity contribution in [2.24, 2.45) is 0 Å². The Morgan fingerprint density at radius 2 is 1.78 bits per heavy atom. The molecule has 0 bridgehead atoms. The Bertz CT molecular complexity index is 971. The van der Waals surface area contributed by atoms with E-state index in [1.807, 2.05) is 0 Å². The number of fused-ring (bicyclic) bond motifs is 1. The van der Waals surface area contributed by atoms with Crippen LogP contribution < -0.4 is 5.56 Å². The minimum absolute atomic E-state index is 0.00481. The van der Waals surface area contributed by atoms with Gasteiger partial charge in [0.15, 0.2) is 0 Å². The summed E-state index contributed by atoms with van der Waals surface area (Å²) in [6.45, 7) is -0.366. The van der Waals surface area contributed by atoms with Gasteiger partial charge in [-0.25, -0.2) is 17.4 Å². The highest BCUT2D eigenvalue weighted by molar-refractivity contribution is 7.90. The van der Waals surface area contributed by atoms with Crippen LogP contribution in [0.2, 0.25) is 10.0 Å². The number of nitrogens with zero attached hydrogens (tertiary/aromatic N) is 3. The molecule has 1 amide bonds. The van der Waals surface area contributed by atoms with Crippen molar-refractivity contribution in [3.05, 3.63) is 56.4 Å². The number of aromatic nitrogens is 2. The lowest BCUT2D eigenvalue weighted by Crippen LogP contribution is -2.36. The SMILES string of the molecule is O=C1c2ccccc2S(=O)(=O)N1CCn1ncc(Cl)c(Cl)c1=O. The van der Waals surface area contributed by atoms with E-state index in [-0.39, 0.29) is 33.6 Å². The predicted octanol–water partition coefficient (Wildman–Crippen LogP) is 1.39. The lowest BCUT2D eigenvalue weighted by atomic mass is 10.2. The van der Waals surface area contributed by atoms with E-state index in [0.717, 1.165) is 4.68 Å². The highest BCUT2D eigenvalue weighted by Gasteiger charge is 2.40. The molecule has 0 atom stereocenters. The summed E-state index contributed by atoms with van der Waals surface area (Å²) in [5.41, 5.74) is -0.539. The Kier molecular flexibility index (Phi) is 3.91. The van der Waals surface area contributed by atoms with E-state index in [1.165, 1.54) is 24.4 Å². The van der Waals surface area contributed by atoms with Crippen LogP contribution in [0.25, 0.3) is 0 Å². The highest BCUT2D eigenvalue weighted by Crippen LogP contribution is 2.29. The Hall–Kier alpha value is -1.90. The summed E-state index contributed by atoms with van der Waals surface area (Å²) in [4.78, 5) is 24.1. The Morgan fingerprint density at radius 3 is 2.48 bits per heavy atom. The van der Waals surface area contributed by atoms with Gasteiger partial charge in [0.1, 0.15) is 9.92 Å². The average molecular weight is 374 g/mol. The van der Waals surface area contributed by atoms with Gasteiger partial charge in [-0.1, -0.05) is 35.3 Å². The molecule has 1 aliphatic rings. The van der Waals surface area contributed by atoms with Crippen molar-refractivity contribution < 1.29 is 13.2 Å². The Labute approximate surface area is 141 Å². The second-order valence-electron chi connectivity index (χ2n) is 4.71. The molecular weight excluding hydrogens is 365 g/mol. The van der Waals surface area contributed by atoms with E-state index in [9.17, 15) is 18.0 Å². The summed E-state index contributed by atoms with van der Waals surface area (Å²) in [6, 6.07) is 5.93. The standard InChI is InChI=1S/C13H9Cl2N3O4S/c14-9-7-16-17(13(20)11(9)15)5-6-18-12(19)8-3-1-2-4-10(8)23(18,21)22/h1-4,7H,5-6H2. The Balaban J connectivity index is 1.90. The molecule has 0 aliphatic carbocycles. The smallest absolute Gasteiger partial charge is 0.268 e. The molecule has 0 fully saturated rings. The van der Waals surface area contributed by atoms with Crippen LogP contribution in [0, 0.1) is 0 Å². The summed E-state index contributed by atoms with van der Waals surface area (Å²) in [7, 11) is -3.92. The number of amides is 1. The molecule has 2 aromatic rings. The second kappa shape index (κ2) is 5.63. The summed E-state index contributed by atoms with van der Waals surface area (Å²) in [6.07, 6.45) is 1.18. The molecule has 1 aromatic carbocycles. The maximum Gasteiger partial charge on any atom is 0.287 e. The van der Waals surface area contributed by atoms with Crippen molar-refractivity contribution in [2.75, 3.05) is 6.54 Å². The molecule has 7 nitrogen and oxygen atoms in total. The van der Waals surface area contributed by atoms with Crippen molar-refractivity contribution in [3.8, 4) is 0 Å². The molecule has 1 aliphatic heterocycles. The number of benzene rings is 1. The number of rotatable bonds is 3. The molecule has 2 heterocycles. The monoisotopic (exact) mass is 373 g/mol. The fraction of sp³-hybridized carbons (Fsp3) is 0.154. The zero-order valence-corrected chi connectivity index (χ0v) is 13.8. The molecule has 0 spiro atoms. The van der Waals surface area contributed by atoms with Gasteiger partial charge in [-0.3, -0.25) is 9.59 Å². The van der Waals surface area contributed by atoms with Gasteiger partial charge in [0.05, 0.1) is 29.9 Å². The third kappa shape index (κ3) is 2.52. The van der Waals surface area contributed by atoms with Crippen molar-refractivity contribution in [2.45, 2.75) is 11.4 Å². The zero-order valence-electron chi connectivity index (χ0n) is 11.4. The van der Waals surface area contributed by atoms with Crippen LogP contribution in [-0.4, -0.2) is 35.0 Å². The third-order valence-electron chi connectivity index (χ3n) is 3.37. The van der Waals surface area contributed by atoms with Crippen LogP contribution >= 0.6 is 23.2 Å². The van der Waals surface area contributed by atoms with Crippen molar-refractivity contribution >= 4 is 39.1 Å². The maximum absolute atomic E-state index is 12.4. The lowest BCUT2D eigenvalue weighted by molar-refractivity contribution is 0.0867. The third-order valence-corrected chi connectivity index (χ3v) is 5.96. The van der Waals surface area contributed by atoms with Crippen molar-refractivity contribution in [3.63, 3.8) is 0 Å². The number of hydrogen-bond donors (Lipinski definition) is 0. The number of hydrogen-bond acceptors (Lipinski definition) is 5. The fourth-order valence-corrected chi connectivity index (χ4v) is 4.07. The van der Waals surface area contributed by atoms with Gasteiger partial charge in [-0.05, 0) is 12.1 Å². The largest absolute Gasteiger partial charge is 0.287 e. The maximum atomic E-state index is 12.4. The van der Waals surface area contributed by atoms with Crippen molar-refractivity contribution in [1.29, 1.82) is 0 Å². The summed E-state index contributed by atoms with van der Waals surface area (Å²) in [5, 5.41) is 3.57. The molecule has 23 heavy (non-hydrogen) atoms. The van der Waals surface area contributed by atoms with E-state index in [1.54, 1.807) is 6.07 Å². The molecule has 10 heteroatoms. The molecule has 120 valence electrons. The molecule has 0 saturated carbocycles.